The molecular weight excluding hydrogens is 310 g/mol. The third kappa shape index (κ3) is 6.92. The van der Waals surface area contributed by atoms with Gasteiger partial charge in [-0.1, -0.05) is 13.8 Å². The normalized spacial score (nSPS) is 16.8. The van der Waals surface area contributed by atoms with Crippen LogP contribution >= 0.6 is 0 Å². The van der Waals surface area contributed by atoms with Gasteiger partial charge in [0.2, 0.25) is 0 Å². The minimum atomic E-state index is 0.426. The maximum Gasteiger partial charge on any atom is 0.191 e. The van der Waals surface area contributed by atoms with Crippen LogP contribution < -0.4 is 15.5 Å². The molecule has 0 bridgehead atoms. The van der Waals surface area contributed by atoms with Gasteiger partial charge in [0.1, 0.15) is 5.82 Å². The molecule has 1 saturated heterocycles. The number of nitrogens with zero attached hydrogens (tertiary/aromatic N) is 3. The van der Waals surface area contributed by atoms with Gasteiger partial charge in [0.25, 0.3) is 0 Å². The third-order valence-corrected chi connectivity index (χ3v) is 4.73. The number of pyridine rings is 1. The Morgan fingerprint density at radius 1 is 1.20 bits per heavy atom. The van der Waals surface area contributed by atoms with Crippen molar-refractivity contribution in [3.63, 3.8) is 0 Å². The van der Waals surface area contributed by atoms with Crippen LogP contribution in [0.25, 0.3) is 0 Å². The maximum atomic E-state index is 4.55. The second-order valence-corrected chi connectivity index (χ2v) is 7.51. The number of nitrogens with one attached hydrogen (secondary N) is 2. The Bertz CT molecular complexity index is 535. The molecule has 2 heterocycles. The predicted molar refractivity (Wildman–Crippen MR) is 107 cm³/mol. The van der Waals surface area contributed by atoms with Crippen LogP contribution in [0.5, 0.6) is 0 Å². The van der Waals surface area contributed by atoms with Gasteiger partial charge in [-0.2, -0.15) is 0 Å². The first-order valence-electron chi connectivity index (χ1n) is 9.75. The molecule has 5 heteroatoms. The van der Waals surface area contributed by atoms with Crippen molar-refractivity contribution in [1.29, 1.82) is 0 Å². The summed E-state index contributed by atoms with van der Waals surface area (Å²) in [4.78, 5) is 11.3. The lowest BCUT2D eigenvalue weighted by Gasteiger charge is -2.28. The van der Waals surface area contributed by atoms with Crippen LogP contribution in [0, 0.1) is 5.92 Å². The minimum absolute atomic E-state index is 0.426. The smallest absolute Gasteiger partial charge is 0.191 e. The minimum Gasteiger partial charge on any atom is -0.357 e. The molecule has 1 aliphatic rings. The fourth-order valence-corrected chi connectivity index (χ4v) is 3.14. The van der Waals surface area contributed by atoms with E-state index in [9.17, 15) is 0 Å². The summed E-state index contributed by atoms with van der Waals surface area (Å²) in [5.41, 5.74) is 1.24. The van der Waals surface area contributed by atoms with Crippen molar-refractivity contribution >= 4 is 11.8 Å². The molecule has 5 nitrogen and oxygen atoms in total. The van der Waals surface area contributed by atoms with Crippen molar-refractivity contribution in [2.75, 3.05) is 25.0 Å². The summed E-state index contributed by atoms with van der Waals surface area (Å²) in [5.74, 6) is 2.71. The molecule has 1 aliphatic heterocycles. The summed E-state index contributed by atoms with van der Waals surface area (Å²) in [5, 5.41) is 6.91. The van der Waals surface area contributed by atoms with E-state index in [2.05, 4.69) is 58.4 Å². The Morgan fingerprint density at radius 2 is 1.96 bits per heavy atom. The highest BCUT2D eigenvalue weighted by Crippen LogP contribution is 2.18. The number of piperidine rings is 1. The monoisotopic (exact) mass is 345 g/mol. The predicted octanol–water partition coefficient (Wildman–Crippen LogP) is 3.56. The van der Waals surface area contributed by atoms with Crippen LogP contribution in [0.3, 0.4) is 0 Å². The van der Waals surface area contributed by atoms with Crippen LogP contribution in [0.1, 0.15) is 58.4 Å². The van der Waals surface area contributed by atoms with Gasteiger partial charge < -0.3 is 15.5 Å². The first-order valence-corrected chi connectivity index (χ1v) is 9.75. The number of hydrogen-bond acceptors (Lipinski definition) is 3. The zero-order valence-corrected chi connectivity index (χ0v) is 16.4. The van der Waals surface area contributed by atoms with E-state index in [1.165, 1.54) is 31.2 Å². The molecule has 1 atom stereocenters. The summed E-state index contributed by atoms with van der Waals surface area (Å²) in [6.07, 6.45) is 8.20. The zero-order valence-electron chi connectivity index (χ0n) is 16.4. The highest BCUT2D eigenvalue weighted by molar-refractivity contribution is 5.79. The summed E-state index contributed by atoms with van der Waals surface area (Å²) < 4.78 is 0. The molecule has 2 N–H and O–H groups in total. The Hall–Kier alpha value is -1.78. The summed E-state index contributed by atoms with van der Waals surface area (Å²) in [7, 11) is 1.83. The van der Waals surface area contributed by atoms with E-state index in [-0.39, 0.29) is 0 Å². The first kappa shape index (κ1) is 19.5. The largest absolute Gasteiger partial charge is 0.357 e. The van der Waals surface area contributed by atoms with Gasteiger partial charge in [0.05, 0.1) is 0 Å². The summed E-state index contributed by atoms with van der Waals surface area (Å²) >= 11 is 0. The second-order valence-electron chi connectivity index (χ2n) is 7.51. The highest BCUT2D eigenvalue weighted by atomic mass is 15.2. The highest BCUT2D eigenvalue weighted by Gasteiger charge is 2.12. The fraction of sp³-hybridized carbons (Fsp3) is 0.700. The van der Waals surface area contributed by atoms with E-state index in [4.69, 9.17) is 0 Å². The van der Waals surface area contributed by atoms with Gasteiger partial charge in [-0.25, -0.2) is 4.98 Å². The van der Waals surface area contributed by atoms with Crippen molar-refractivity contribution < 1.29 is 0 Å². The Balaban J connectivity index is 1.84. The van der Waals surface area contributed by atoms with Gasteiger partial charge in [0.15, 0.2) is 5.96 Å². The molecule has 0 aliphatic carbocycles. The van der Waals surface area contributed by atoms with E-state index in [1.54, 1.807) is 0 Å². The molecule has 2 rings (SSSR count). The van der Waals surface area contributed by atoms with Crippen molar-refractivity contribution in [1.82, 2.24) is 15.6 Å². The summed E-state index contributed by atoms with van der Waals surface area (Å²) in [6.45, 7) is 9.77. The number of aromatic nitrogens is 1. The van der Waals surface area contributed by atoms with Gasteiger partial charge in [-0.15, -0.1) is 0 Å². The van der Waals surface area contributed by atoms with Crippen LogP contribution in [0.4, 0.5) is 5.82 Å². The Morgan fingerprint density at radius 3 is 2.64 bits per heavy atom. The van der Waals surface area contributed by atoms with Crippen molar-refractivity contribution in [3.05, 3.63) is 23.9 Å². The molecular formula is C20H35N5. The first-order chi connectivity index (χ1) is 12.1. The number of guanidine groups is 1. The standard InChI is InChI=1S/C20H35N5/c1-16(2)8-9-17(3)24-20(21-4)23-15-18-10-11-22-19(14-18)25-12-6-5-7-13-25/h10-11,14,16-17H,5-9,12-13,15H2,1-4H3,(H2,21,23,24). The van der Waals surface area contributed by atoms with Crippen molar-refractivity contribution in [2.24, 2.45) is 10.9 Å². The molecule has 0 aromatic carbocycles. The quantitative estimate of drug-likeness (QED) is 0.586. The van der Waals surface area contributed by atoms with Crippen LogP contribution in [-0.4, -0.2) is 37.1 Å². The number of hydrogen-bond donors (Lipinski definition) is 2. The van der Waals surface area contributed by atoms with Gasteiger partial charge >= 0.3 is 0 Å². The molecule has 0 spiro atoms. The lowest BCUT2D eigenvalue weighted by atomic mass is 10.0. The molecule has 1 fully saturated rings. The average Bonchev–Trinajstić information content (AvgIpc) is 2.64. The van der Waals surface area contributed by atoms with Crippen molar-refractivity contribution in [2.45, 2.75) is 65.5 Å². The molecule has 1 aromatic heterocycles. The van der Waals surface area contributed by atoms with E-state index in [0.29, 0.717) is 6.04 Å². The lowest BCUT2D eigenvalue weighted by molar-refractivity contribution is 0.489. The number of anilines is 1. The third-order valence-electron chi connectivity index (χ3n) is 4.73. The van der Waals surface area contributed by atoms with E-state index < -0.39 is 0 Å². The molecule has 0 saturated carbocycles. The Labute approximate surface area is 153 Å². The zero-order chi connectivity index (χ0) is 18.1. The van der Waals surface area contributed by atoms with E-state index in [0.717, 1.165) is 43.8 Å². The van der Waals surface area contributed by atoms with Crippen LogP contribution in [0.15, 0.2) is 23.3 Å². The lowest BCUT2D eigenvalue weighted by Crippen LogP contribution is -2.42. The molecule has 1 unspecified atom stereocenters. The molecule has 0 amide bonds. The maximum absolute atomic E-state index is 4.55. The fourth-order valence-electron chi connectivity index (χ4n) is 3.14. The Kier molecular flexibility index (Phi) is 8.02. The van der Waals surface area contributed by atoms with Gasteiger partial charge in [-0.05, 0) is 62.6 Å². The van der Waals surface area contributed by atoms with E-state index >= 15 is 0 Å². The molecule has 0 radical (unpaired) electrons. The molecule has 140 valence electrons. The van der Waals surface area contributed by atoms with E-state index in [1.807, 2.05) is 13.2 Å². The topological polar surface area (TPSA) is 52.6 Å². The van der Waals surface area contributed by atoms with Crippen molar-refractivity contribution in [3.8, 4) is 0 Å². The number of aliphatic imine (C=N–C) groups is 1. The average molecular weight is 346 g/mol. The van der Waals surface area contributed by atoms with Crippen LogP contribution in [-0.2, 0) is 6.54 Å². The summed E-state index contributed by atoms with van der Waals surface area (Å²) in [6, 6.07) is 4.71. The second kappa shape index (κ2) is 10.3. The SMILES string of the molecule is CN=C(NCc1ccnc(N2CCCCC2)c1)NC(C)CCC(C)C. The van der Waals surface area contributed by atoms with Gasteiger partial charge in [-0.3, -0.25) is 4.99 Å². The molecule has 1 aromatic rings. The number of rotatable bonds is 7. The van der Waals surface area contributed by atoms with Gasteiger partial charge in [0, 0.05) is 38.9 Å². The molecule has 25 heavy (non-hydrogen) atoms. The van der Waals surface area contributed by atoms with Crippen LogP contribution in [0.2, 0.25) is 0 Å².